The third-order valence-corrected chi connectivity index (χ3v) is 6.75. The fourth-order valence-corrected chi connectivity index (χ4v) is 4.75. The number of allylic oxidation sites excluding steroid dienone is 3. The van der Waals surface area contributed by atoms with Crippen LogP contribution in [0.4, 0.5) is 0 Å². The average Bonchev–Trinajstić information content (AvgIpc) is 3.37. The number of amides is 1. The fourth-order valence-electron chi connectivity index (χ4n) is 3.81. The first-order valence-electron chi connectivity index (χ1n) is 11.6. The smallest absolute Gasteiger partial charge is 0.283 e. The molecule has 1 fully saturated rings. The largest absolute Gasteiger partial charge is 0.349 e. The molecule has 172 valence electrons. The van der Waals surface area contributed by atoms with Gasteiger partial charge in [-0.3, -0.25) is 15.2 Å². The van der Waals surface area contributed by atoms with Crippen LogP contribution < -0.4 is 0 Å². The number of likely N-dealkylation sites (tertiary alicyclic amines) is 1. The Hall–Kier alpha value is -2.48. The number of amidine groups is 3. The van der Waals surface area contributed by atoms with Gasteiger partial charge in [0.2, 0.25) is 5.17 Å². The monoisotopic (exact) mass is 454 g/mol. The standard InChI is InChI=1S/C22H28N6OS.C2H6/c1-4-5-6-7-17-15(3)24-13-16(17)12-18-19(23)28-21(25-20(18)29)30-22(26-28)27-10-8-14(2)9-11-27;1-2/h6-7,12,14,23H,4-5,8-11,13H2,1-3H3;1-2H3/b7-6-,18-12+,23-19?;. The molecule has 8 heteroatoms. The molecule has 0 aromatic carbocycles. The van der Waals surface area contributed by atoms with Gasteiger partial charge in [0.25, 0.3) is 5.91 Å². The van der Waals surface area contributed by atoms with Crippen molar-refractivity contribution in [2.45, 2.75) is 60.3 Å². The Morgan fingerprint density at radius 3 is 2.62 bits per heavy atom. The van der Waals surface area contributed by atoms with E-state index in [1.54, 1.807) is 6.08 Å². The Kier molecular flexibility index (Phi) is 8.23. The lowest BCUT2D eigenvalue weighted by atomic mass is 10.00. The summed E-state index contributed by atoms with van der Waals surface area (Å²) in [4.78, 5) is 23.7. The van der Waals surface area contributed by atoms with Crippen LogP contribution in [0.3, 0.4) is 0 Å². The van der Waals surface area contributed by atoms with Crippen LogP contribution in [-0.2, 0) is 4.79 Å². The first kappa shape index (κ1) is 24.2. The lowest BCUT2D eigenvalue weighted by molar-refractivity contribution is -0.114. The van der Waals surface area contributed by atoms with Crippen molar-refractivity contribution < 1.29 is 4.79 Å². The van der Waals surface area contributed by atoms with Crippen LogP contribution in [-0.4, -0.2) is 57.3 Å². The molecule has 4 heterocycles. The molecular weight excluding hydrogens is 420 g/mol. The molecule has 4 aliphatic heterocycles. The number of fused-ring (bicyclic) bond motifs is 1. The summed E-state index contributed by atoms with van der Waals surface area (Å²) in [6.45, 7) is 12.8. The molecule has 7 nitrogen and oxygen atoms in total. The normalized spacial score (nSPS) is 22.9. The maximum Gasteiger partial charge on any atom is 0.283 e. The lowest BCUT2D eigenvalue weighted by Crippen LogP contribution is -2.36. The Bertz CT molecular complexity index is 948. The highest BCUT2D eigenvalue weighted by atomic mass is 32.2. The third-order valence-electron chi connectivity index (χ3n) is 5.78. The molecule has 0 aromatic rings. The quantitative estimate of drug-likeness (QED) is 0.606. The van der Waals surface area contributed by atoms with E-state index in [1.807, 2.05) is 20.8 Å². The van der Waals surface area contributed by atoms with Crippen molar-refractivity contribution in [2.24, 2.45) is 21.0 Å². The van der Waals surface area contributed by atoms with Crippen molar-refractivity contribution in [3.05, 3.63) is 34.9 Å². The number of nitrogens with one attached hydrogen (secondary N) is 1. The molecular formula is C24H34N6OS. The van der Waals surface area contributed by atoms with Gasteiger partial charge in [0.05, 0.1) is 12.1 Å². The van der Waals surface area contributed by atoms with Gasteiger partial charge < -0.3 is 4.90 Å². The van der Waals surface area contributed by atoms with Crippen molar-refractivity contribution in [3.8, 4) is 0 Å². The van der Waals surface area contributed by atoms with Gasteiger partial charge in [0.1, 0.15) is 0 Å². The number of hydrogen-bond donors (Lipinski definition) is 1. The number of piperidine rings is 1. The summed E-state index contributed by atoms with van der Waals surface area (Å²) in [6.07, 6.45) is 10.3. The van der Waals surface area contributed by atoms with E-state index < -0.39 is 0 Å². The number of unbranched alkanes of at least 4 members (excludes halogenated alkanes) is 1. The minimum atomic E-state index is -0.378. The highest BCUT2D eigenvalue weighted by Gasteiger charge is 2.38. The Morgan fingerprint density at radius 1 is 1.22 bits per heavy atom. The molecule has 1 saturated heterocycles. The van der Waals surface area contributed by atoms with Crippen LogP contribution in [0, 0.1) is 11.3 Å². The Morgan fingerprint density at radius 2 is 1.94 bits per heavy atom. The molecule has 0 aliphatic carbocycles. The van der Waals surface area contributed by atoms with E-state index in [4.69, 9.17) is 5.41 Å². The summed E-state index contributed by atoms with van der Waals surface area (Å²) in [5.74, 6) is 0.441. The Labute approximate surface area is 195 Å². The molecule has 0 radical (unpaired) electrons. The minimum Gasteiger partial charge on any atom is -0.349 e. The summed E-state index contributed by atoms with van der Waals surface area (Å²) in [6, 6.07) is 0. The first-order chi connectivity index (χ1) is 15.5. The van der Waals surface area contributed by atoms with Crippen LogP contribution in [0.2, 0.25) is 0 Å². The zero-order valence-corrected chi connectivity index (χ0v) is 20.6. The molecule has 1 N–H and O–H groups in total. The number of carbonyl (C=O) groups excluding carboxylic acids is 1. The topological polar surface area (TPSA) is 84.5 Å². The maximum atomic E-state index is 12.7. The molecule has 1 amide bonds. The van der Waals surface area contributed by atoms with Crippen molar-refractivity contribution in [2.75, 3.05) is 19.6 Å². The van der Waals surface area contributed by atoms with E-state index in [-0.39, 0.29) is 17.3 Å². The number of aliphatic imine (C=N–C) groups is 2. The molecule has 0 aromatic heterocycles. The molecule has 4 aliphatic rings. The van der Waals surface area contributed by atoms with Gasteiger partial charge in [0.15, 0.2) is 11.0 Å². The number of thioether (sulfide) groups is 1. The predicted molar refractivity (Wildman–Crippen MR) is 135 cm³/mol. The number of hydrazone groups is 1. The minimum absolute atomic E-state index is 0.0896. The number of hydrogen-bond acceptors (Lipinski definition) is 6. The molecule has 32 heavy (non-hydrogen) atoms. The van der Waals surface area contributed by atoms with Crippen LogP contribution in [0.25, 0.3) is 0 Å². The van der Waals surface area contributed by atoms with E-state index in [9.17, 15) is 4.79 Å². The summed E-state index contributed by atoms with van der Waals surface area (Å²) >= 11 is 1.39. The van der Waals surface area contributed by atoms with Crippen LogP contribution >= 0.6 is 11.8 Å². The fraction of sp³-hybridized carbons (Fsp3) is 0.542. The lowest BCUT2D eigenvalue weighted by Gasteiger charge is -2.30. The molecule has 0 spiro atoms. The summed E-state index contributed by atoms with van der Waals surface area (Å²) in [5, 5.41) is 16.1. The summed E-state index contributed by atoms with van der Waals surface area (Å²) in [7, 11) is 0. The molecule has 0 bridgehead atoms. The summed E-state index contributed by atoms with van der Waals surface area (Å²) in [5.41, 5.74) is 3.23. The zero-order valence-electron chi connectivity index (χ0n) is 19.8. The van der Waals surface area contributed by atoms with Crippen molar-refractivity contribution >= 4 is 39.6 Å². The maximum absolute atomic E-state index is 12.7. The second-order valence-corrected chi connectivity index (χ2v) is 9.04. The highest BCUT2D eigenvalue weighted by Crippen LogP contribution is 2.31. The van der Waals surface area contributed by atoms with Crippen LogP contribution in [0.15, 0.2) is 50.0 Å². The summed E-state index contributed by atoms with van der Waals surface area (Å²) < 4.78 is 0. The van der Waals surface area contributed by atoms with Crippen LogP contribution in [0.5, 0.6) is 0 Å². The SMILES string of the molecule is CC.CCC/C=C\C1=C(/C=C2\C(=N)N3N=C(N4CCC(C)CC4)SC3=NC2=O)CN=C1C. The molecule has 4 rings (SSSR count). The Balaban J connectivity index is 0.00000141. The number of nitrogens with zero attached hydrogens (tertiary/aromatic N) is 5. The van der Waals surface area contributed by atoms with Gasteiger partial charge in [-0.2, -0.15) is 10.0 Å². The van der Waals surface area contributed by atoms with Gasteiger partial charge in [0, 0.05) is 18.8 Å². The number of rotatable bonds is 4. The van der Waals surface area contributed by atoms with E-state index in [2.05, 4.69) is 46.0 Å². The van der Waals surface area contributed by atoms with Crippen molar-refractivity contribution in [1.29, 1.82) is 5.41 Å². The van der Waals surface area contributed by atoms with Gasteiger partial charge in [-0.1, -0.05) is 46.3 Å². The van der Waals surface area contributed by atoms with Gasteiger partial charge >= 0.3 is 0 Å². The first-order valence-corrected chi connectivity index (χ1v) is 12.5. The van der Waals surface area contributed by atoms with Crippen molar-refractivity contribution in [3.63, 3.8) is 0 Å². The molecule has 0 unspecified atom stereocenters. The van der Waals surface area contributed by atoms with E-state index in [0.29, 0.717) is 11.7 Å². The van der Waals surface area contributed by atoms with Crippen LogP contribution in [0.1, 0.15) is 60.3 Å². The predicted octanol–water partition coefficient (Wildman–Crippen LogP) is 4.99. The zero-order chi connectivity index (χ0) is 23.3. The highest BCUT2D eigenvalue weighted by molar-refractivity contribution is 8.26. The van der Waals surface area contributed by atoms with E-state index >= 15 is 0 Å². The van der Waals surface area contributed by atoms with Gasteiger partial charge in [-0.15, -0.1) is 5.10 Å². The third kappa shape index (κ3) is 5.11. The molecule has 0 atom stereocenters. The number of carbonyl (C=O) groups is 1. The van der Waals surface area contributed by atoms with E-state index in [0.717, 1.165) is 66.7 Å². The van der Waals surface area contributed by atoms with Gasteiger partial charge in [-0.05, 0) is 61.1 Å². The van der Waals surface area contributed by atoms with Gasteiger partial charge in [-0.25, -0.2) is 0 Å². The van der Waals surface area contributed by atoms with E-state index in [1.165, 1.54) is 16.8 Å². The average molecular weight is 455 g/mol. The second kappa shape index (κ2) is 10.9. The molecule has 0 saturated carbocycles. The van der Waals surface area contributed by atoms with Crippen molar-refractivity contribution in [1.82, 2.24) is 9.91 Å². The second-order valence-electron chi connectivity index (χ2n) is 8.10.